The highest BCUT2D eigenvalue weighted by atomic mass is 16.3. The molecule has 1 fully saturated rings. The maximum Gasteiger partial charge on any atom is 0.127 e. The largest absolute Gasteiger partial charge is 0.507 e. The van der Waals surface area contributed by atoms with Crippen LogP contribution in [0.3, 0.4) is 0 Å². The second kappa shape index (κ2) is 13.1. The number of aryl methyl sites for hydroxylation is 2. The molecule has 1 saturated carbocycles. The summed E-state index contributed by atoms with van der Waals surface area (Å²) in [4.78, 5) is 9.80. The Morgan fingerprint density at radius 1 is 0.750 bits per heavy atom. The van der Waals surface area contributed by atoms with Gasteiger partial charge in [-0.2, -0.15) is 0 Å². The van der Waals surface area contributed by atoms with Crippen molar-refractivity contribution in [3.63, 3.8) is 0 Å². The van der Waals surface area contributed by atoms with E-state index in [1.165, 1.54) is 11.1 Å². The SMILES string of the molecule is CCc1cc(CC(C)C)cc(C=NC2CCCC(N=Cc3cc(CC(C)C)cc(CC)c3O)C2)c1O. The number of rotatable bonds is 10. The number of nitrogens with zero attached hydrogens (tertiary/aromatic N) is 2. The number of aromatic hydroxyl groups is 2. The second-order valence-electron chi connectivity index (χ2n) is 11.3. The monoisotopic (exact) mass is 490 g/mol. The molecule has 0 amide bonds. The first-order valence-corrected chi connectivity index (χ1v) is 14.0. The maximum absolute atomic E-state index is 10.7. The highest BCUT2D eigenvalue weighted by molar-refractivity contribution is 5.85. The fourth-order valence-corrected chi connectivity index (χ4v) is 5.27. The summed E-state index contributed by atoms with van der Waals surface area (Å²) < 4.78 is 0. The van der Waals surface area contributed by atoms with E-state index in [-0.39, 0.29) is 12.1 Å². The first-order chi connectivity index (χ1) is 17.2. The molecule has 2 unspecified atom stereocenters. The summed E-state index contributed by atoms with van der Waals surface area (Å²) in [5, 5.41) is 21.5. The van der Waals surface area contributed by atoms with Crippen LogP contribution in [0, 0.1) is 11.8 Å². The van der Waals surface area contributed by atoms with Crippen LogP contribution in [0.25, 0.3) is 0 Å². The van der Waals surface area contributed by atoms with E-state index >= 15 is 0 Å². The topological polar surface area (TPSA) is 65.2 Å². The minimum Gasteiger partial charge on any atom is -0.507 e. The molecule has 4 nitrogen and oxygen atoms in total. The van der Waals surface area contributed by atoms with E-state index in [0.29, 0.717) is 23.3 Å². The molecule has 0 bridgehead atoms. The van der Waals surface area contributed by atoms with Gasteiger partial charge in [0.05, 0.1) is 12.1 Å². The molecule has 0 aliphatic heterocycles. The van der Waals surface area contributed by atoms with Crippen LogP contribution in [-0.4, -0.2) is 34.7 Å². The predicted molar refractivity (Wildman–Crippen MR) is 153 cm³/mol. The molecule has 2 N–H and O–H groups in total. The molecular formula is C32H46N2O2. The standard InChI is InChI=1S/C32H46N2O2/c1-7-25-14-23(12-21(3)4)16-27(31(25)35)19-33-29-10-9-11-30(18-29)34-20-28-17-24(13-22(5)6)15-26(8-2)32(28)36/h14-17,19-22,29-30,35-36H,7-13,18H2,1-6H3. The van der Waals surface area contributed by atoms with Gasteiger partial charge in [-0.15, -0.1) is 0 Å². The summed E-state index contributed by atoms with van der Waals surface area (Å²) >= 11 is 0. The third-order valence-electron chi connectivity index (χ3n) is 7.07. The first kappa shape index (κ1) is 28.0. The van der Waals surface area contributed by atoms with Crippen LogP contribution in [0.4, 0.5) is 0 Å². The number of phenolic OH excluding ortho intramolecular Hbond substituents is 2. The van der Waals surface area contributed by atoms with Crippen LogP contribution in [0.5, 0.6) is 11.5 Å². The van der Waals surface area contributed by atoms with E-state index in [4.69, 9.17) is 9.98 Å². The van der Waals surface area contributed by atoms with Crippen molar-refractivity contribution in [3.8, 4) is 11.5 Å². The Balaban J connectivity index is 1.74. The average molecular weight is 491 g/mol. The van der Waals surface area contributed by atoms with Crippen LogP contribution in [0.15, 0.2) is 34.3 Å². The molecule has 0 aromatic heterocycles. The van der Waals surface area contributed by atoms with Gasteiger partial charge in [-0.25, -0.2) is 0 Å². The molecule has 4 heteroatoms. The Bertz CT molecular complexity index is 985. The molecule has 0 saturated heterocycles. The van der Waals surface area contributed by atoms with E-state index in [2.05, 4.69) is 65.8 Å². The number of hydrogen-bond acceptors (Lipinski definition) is 4. The molecule has 36 heavy (non-hydrogen) atoms. The number of hydrogen-bond donors (Lipinski definition) is 2. The van der Waals surface area contributed by atoms with E-state index < -0.39 is 0 Å². The van der Waals surface area contributed by atoms with Gasteiger partial charge < -0.3 is 10.2 Å². The lowest BCUT2D eigenvalue weighted by molar-refractivity contribution is 0.397. The van der Waals surface area contributed by atoms with Gasteiger partial charge in [0, 0.05) is 23.6 Å². The maximum atomic E-state index is 10.7. The average Bonchev–Trinajstić information content (AvgIpc) is 2.83. The minimum atomic E-state index is 0.200. The normalized spacial score (nSPS) is 18.8. The van der Waals surface area contributed by atoms with Gasteiger partial charge in [0.2, 0.25) is 0 Å². The van der Waals surface area contributed by atoms with Gasteiger partial charge in [0.1, 0.15) is 11.5 Å². The zero-order chi connectivity index (χ0) is 26.2. The van der Waals surface area contributed by atoms with Crippen molar-refractivity contribution in [2.45, 2.75) is 105 Å². The second-order valence-corrected chi connectivity index (χ2v) is 11.3. The van der Waals surface area contributed by atoms with Crippen molar-refractivity contribution in [2.75, 3.05) is 0 Å². The highest BCUT2D eigenvalue weighted by Gasteiger charge is 2.21. The molecule has 3 rings (SSSR count). The van der Waals surface area contributed by atoms with Crippen molar-refractivity contribution in [3.05, 3.63) is 57.6 Å². The van der Waals surface area contributed by atoms with Crippen LogP contribution < -0.4 is 0 Å². The Labute approximate surface area is 218 Å². The molecule has 1 aliphatic carbocycles. The molecular weight excluding hydrogens is 444 g/mol. The van der Waals surface area contributed by atoms with Gasteiger partial charge >= 0.3 is 0 Å². The summed E-state index contributed by atoms with van der Waals surface area (Å²) in [7, 11) is 0. The lowest BCUT2D eigenvalue weighted by Crippen LogP contribution is -2.21. The van der Waals surface area contributed by atoms with Crippen molar-refractivity contribution in [2.24, 2.45) is 21.8 Å². The lowest BCUT2D eigenvalue weighted by Gasteiger charge is -2.24. The van der Waals surface area contributed by atoms with Gasteiger partial charge in [-0.3, -0.25) is 9.98 Å². The van der Waals surface area contributed by atoms with Crippen molar-refractivity contribution < 1.29 is 10.2 Å². The molecule has 1 aliphatic rings. The lowest BCUT2D eigenvalue weighted by atomic mass is 9.91. The third-order valence-corrected chi connectivity index (χ3v) is 7.07. The Kier molecular flexibility index (Phi) is 10.2. The van der Waals surface area contributed by atoms with Gasteiger partial charge in [0.25, 0.3) is 0 Å². The molecule has 0 spiro atoms. The van der Waals surface area contributed by atoms with Gasteiger partial charge in [-0.05, 0) is 97.6 Å². The first-order valence-electron chi connectivity index (χ1n) is 14.0. The van der Waals surface area contributed by atoms with Gasteiger partial charge in [-0.1, -0.05) is 53.7 Å². The molecule has 2 atom stereocenters. The quantitative estimate of drug-likeness (QED) is 0.339. The van der Waals surface area contributed by atoms with Crippen molar-refractivity contribution in [1.82, 2.24) is 0 Å². The molecule has 0 radical (unpaired) electrons. The van der Waals surface area contributed by atoms with Crippen LogP contribution in [-0.2, 0) is 25.7 Å². The van der Waals surface area contributed by atoms with Crippen LogP contribution in [0.2, 0.25) is 0 Å². The highest BCUT2D eigenvalue weighted by Crippen LogP contribution is 2.29. The summed E-state index contributed by atoms with van der Waals surface area (Å²) in [6.45, 7) is 13.0. The van der Waals surface area contributed by atoms with E-state index in [9.17, 15) is 10.2 Å². The van der Waals surface area contributed by atoms with E-state index in [1.54, 1.807) is 0 Å². The fraction of sp³-hybridized carbons (Fsp3) is 0.562. The third kappa shape index (κ3) is 7.69. The van der Waals surface area contributed by atoms with Gasteiger partial charge in [0.15, 0.2) is 0 Å². The molecule has 196 valence electrons. The number of aliphatic imine (C=N–C) groups is 2. The smallest absolute Gasteiger partial charge is 0.127 e. The summed E-state index contributed by atoms with van der Waals surface area (Å²) in [5.74, 6) is 1.87. The Hall–Kier alpha value is -2.62. The zero-order valence-corrected chi connectivity index (χ0v) is 23.2. The van der Waals surface area contributed by atoms with E-state index in [1.807, 2.05) is 12.4 Å². The fourth-order valence-electron chi connectivity index (χ4n) is 5.27. The zero-order valence-electron chi connectivity index (χ0n) is 23.2. The van der Waals surface area contributed by atoms with Crippen LogP contribution in [0.1, 0.15) is 101 Å². The summed E-state index contributed by atoms with van der Waals surface area (Å²) in [6, 6.07) is 8.85. The molecule has 0 heterocycles. The summed E-state index contributed by atoms with van der Waals surface area (Å²) in [5.41, 5.74) is 6.17. The number of phenols is 2. The molecule has 2 aromatic carbocycles. The molecule has 2 aromatic rings. The predicted octanol–water partition coefficient (Wildman–Crippen LogP) is 7.47. The summed E-state index contributed by atoms with van der Waals surface area (Å²) in [6.07, 6.45) is 11.4. The van der Waals surface area contributed by atoms with Crippen LogP contribution >= 0.6 is 0 Å². The number of benzene rings is 2. The minimum absolute atomic E-state index is 0.200. The van der Waals surface area contributed by atoms with Crippen molar-refractivity contribution >= 4 is 12.4 Å². The van der Waals surface area contributed by atoms with Crippen molar-refractivity contribution in [1.29, 1.82) is 0 Å². The Morgan fingerprint density at radius 3 is 1.53 bits per heavy atom. The Morgan fingerprint density at radius 2 is 1.17 bits per heavy atom. The van der Waals surface area contributed by atoms with E-state index in [0.717, 1.165) is 73.6 Å².